The molecule has 1 aliphatic heterocycles. The topological polar surface area (TPSA) is 63.2 Å². The van der Waals surface area contributed by atoms with Gasteiger partial charge >= 0.3 is 6.03 Å². The number of carbonyl (C=O) groups is 1. The number of amides is 2. The lowest BCUT2D eigenvalue weighted by molar-refractivity contribution is 0.0928. The summed E-state index contributed by atoms with van der Waals surface area (Å²) < 4.78 is 6.27. The molecule has 2 aromatic rings. The summed E-state index contributed by atoms with van der Waals surface area (Å²) in [5.41, 5.74) is 0.821. The molecule has 1 unspecified atom stereocenters. The van der Waals surface area contributed by atoms with E-state index in [1.165, 1.54) is 11.3 Å². The molecular weight excluding hydrogens is 286 g/mol. The summed E-state index contributed by atoms with van der Waals surface area (Å²) in [6, 6.07) is 5.14. The first-order chi connectivity index (χ1) is 9.20. The fourth-order valence-corrected chi connectivity index (χ4v) is 3.06. The number of fused-ring (bicyclic) bond motifs is 1. The molecule has 3 rings (SSSR count). The standard InChI is InChI=1S/C12H12ClN3O2S/c13-7-3-4-8-9(6-7)19-12(14-8)16-11(17)15-10-2-1-5-18-10/h3-4,6,10H,1-2,5H2,(H2,14,15,16,17). The third-order valence-corrected chi connectivity index (χ3v) is 3.96. The van der Waals surface area contributed by atoms with E-state index in [0.29, 0.717) is 16.8 Å². The van der Waals surface area contributed by atoms with Gasteiger partial charge in [0.05, 0.1) is 10.2 Å². The molecule has 2 amide bonds. The summed E-state index contributed by atoms with van der Waals surface area (Å²) in [6.45, 7) is 0.699. The van der Waals surface area contributed by atoms with Crippen LogP contribution >= 0.6 is 22.9 Å². The zero-order valence-electron chi connectivity index (χ0n) is 9.98. The highest BCUT2D eigenvalue weighted by molar-refractivity contribution is 7.22. The maximum Gasteiger partial charge on any atom is 0.323 e. The predicted octanol–water partition coefficient (Wildman–Crippen LogP) is 3.21. The second-order valence-corrected chi connectivity index (χ2v) is 5.70. The van der Waals surface area contributed by atoms with Gasteiger partial charge in [0.25, 0.3) is 0 Å². The molecular formula is C12H12ClN3O2S. The second-order valence-electron chi connectivity index (χ2n) is 4.23. The average Bonchev–Trinajstić information content (AvgIpc) is 2.97. The monoisotopic (exact) mass is 297 g/mol. The third-order valence-electron chi connectivity index (χ3n) is 2.79. The fraction of sp³-hybridized carbons (Fsp3) is 0.333. The van der Waals surface area contributed by atoms with Gasteiger partial charge in [-0.1, -0.05) is 22.9 Å². The van der Waals surface area contributed by atoms with E-state index >= 15 is 0 Å². The van der Waals surface area contributed by atoms with Crippen LogP contribution in [0.4, 0.5) is 9.93 Å². The fourth-order valence-electron chi connectivity index (χ4n) is 1.92. The largest absolute Gasteiger partial charge is 0.358 e. The second kappa shape index (κ2) is 5.32. The van der Waals surface area contributed by atoms with E-state index in [2.05, 4.69) is 15.6 Å². The van der Waals surface area contributed by atoms with Crippen LogP contribution in [0.5, 0.6) is 0 Å². The summed E-state index contributed by atoms with van der Waals surface area (Å²) in [7, 11) is 0. The van der Waals surface area contributed by atoms with Crippen molar-refractivity contribution in [1.29, 1.82) is 0 Å². The molecule has 1 saturated heterocycles. The zero-order chi connectivity index (χ0) is 13.2. The molecule has 1 fully saturated rings. The van der Waals surface area contributed by atoms with Crippen LogP contribution in [0.3, 0.4) is 0 Å². The molecule has 1 aliphatic rings. The molecule has 0 radical (unpaired) electrons. The lowest BCUT2D eigenvalue weighted by Crippen LogP contribution is -2.37. The Bertz CT molecular complexity index is 610. The van der Waals surface area contributed by atoms with Crippen molar-refractivity contribution in [2.45, 2.75) is 19.1 Å². The lowest BCUT2D eigenvalue weighted by Gasteiger charge is -2.11. The van der Waals surface area contributed by atoms with Crippen molar-refractivity contribution in [2.75, 3.05) is 11.9 Å². The minimum absolute atomic E-state index is 0.191. The van der Waals surface area contributed by atoms with E-state index in [9.17, 15) is 4.79 Å². The first kappa shape index (κ1) is 12.7. The summed E-state index contributed by atoms with van der Waals surface area (Å²) in [6.07, 6.45) is 1.64. The van der Waals surface area contributed by atoms with Crippen LogP contribution in [-0.2, 0) is 4.74 Å². The smallest absolute Gasteiger partial charge is 0.323 e. The number of benzene rings is 1. The Morgan fingerprint density at radius 1 is 1.53 bits per heavy atom. The Hall–Kier alpha value is -1.37. The molecule has 5 nitrogen and oxygen atoms in total. The molecule has 0 bridgehead atoms. The van der Waals surface area contributed by atoms with Gasteiger partial charge in [-0.2, -0.15) is 0 Å². The number of anilines is 1. The Labute approximate surface area is 118 Å². The molecule has 2 heterocycles. The number of hydrogen-bond donors (Lipinski definition) is 2. The Kier molecular flexibility index (Phi) is 3.54. The van der Waals surface area contributed by atoms with Gasteiger partial charge < -0.3 is 10.1 Å². The Morgan fingerprint density at radius 3 is 3.21 bits per heavy atom. The average molecular weight is 298 g/mol. The van der Waals surface area contributed by atoms with Gasteiger partial charge in [0, 0.05) is 11.6 Å². The number of halogens is 1. The van der Waals surface area contributed by atoms with E-state index in [0.717, 1.165) is 23.1 Å². The normalized spacial score (nSPS) is 18.7. The van der Waals surface area contributed by atoms with Gasteiger partial charge in [0.2, 0.25) is 0 Å². The molecule has 7 heteroatoms. The van der Waals surface area contributed by atoms with Crippen molar-refractivity contribution in [2.24, 2.45) is 0 Å². The van der Waals surface area contributed by atoms with Gasteiger partial charge in [-0.15, -0.1) is 0 Å². The summed E-state index contributed by atoms with van der Waals surface area (Å²) in [5.74, 6) is 0. The molecule has 2 N–H and O–H groups in total. The van der Waals surface area contributed by atoms with E-state index in [1.807, 2.05) is 12.1 Å². The van der Waals surface area contributed by atoms with E-state index in [1.54, 1.807) is 6.07 Å². The minimum atomic E-state index is -0.294. The summed E-state index contributed by atoms with van der Waals surface area (Å²) in [4.78, 5) is 16.1. The molecule has 100 valence electrons. The number of hydrogen-bond acceptors (Lipinski definition) is 4. The number of nitrogens with zero attached hydrogens (tertiary/aromatic N) is 1. The number of nitrogens with one attached hydrogen (secondary N) is 2. The highest BCUT2D eigenvalue weighted by Crippen LogP contribution is 2.28. The molecule has 1 atom stereocenters. The van der Waals surface area contributed by atoms with Crippen molar-refractivity contribution < 1.29 is 9.53 Å². The number of ether oxygens (including phenoxy) is 1. The number of thiazole rings is 1. The Morgan fingerprint density at radius 2 is 2.42 bits per heavy atom. The van der Waals surface area contributed by atoms with Crippen LogP contribution < -0.4 is 10.6 Å². The number of carbonyl (C=O) groups excluding carboxylic acids is 1. The van der Waals surface area contributed by atoms with Crippen LogP contribution in [0.2, 0.25) is 5.02 Å². The molecule has 1 aromatic carbocycles. The molecule has 0 spiro atoms. The van der Waals surface area contributed by atoms with Crippen LogP contribution in [0, 0.1) is 0 Å². The van der Waals surface area contributed by atoms with Crippen LogP contribution in [0.25, 0.3) is 10.2 Å². The van der Waals surface area contributed by atoms with Crippen molar-refractivity contribution in [3.05, 3.63) is 23.2 Å². The summed E-state index contributed by atoms with van der Waals surface area (Å²) in [5, 5.41) is 6.67. The van der Waals surface area contributed by atoms with Crippen molar-refractivity contribution >= 4 is 44.3 Å². The minimum Gasteiger partial charge on any atom is -0.358 e. The van der Waals surface area contributed by atoms with Crippen molar-refractivity contribution in [3.8, 4) is 0 Å². The van der Waals surface area contributed by atoms with Gasteiger partial charge in [-0.3, -0.25) is 5.32 Å². The maximum absolute atomic E-state index is 11.8. The van der Waals surface area contributed by atoms with Crippen molar-refractivity contribution in [1.82, 2.24) is 10.3 Å². The summed E-state index contributed by atoms with van der Waals surface area (Å²) >= 11 is 7.30. The van der Waals surface area contributed by atoms with E-state index < -0.39 is 0 Å². The Balaban J connectivity index is 1.68. The quantitative estimate of drug-likeness (QED) is 0.894. The lowest BCUT2D eigenvalue weighted by atomic mass is 10.3. The van der Waals surface area contributed by atoms with Crippen LogP contribution in [0.15, 0.2) is 18.2 Å². The van der Waals surface area contributed by atoms with Gasteiger partial charge in [-0.05, 0) is 31.0 Å². The van der Waals surface area contributed by atoms with Gasteiger partial charge in [-0.25, -0.2) is 9.78 Å². The highest BCUT2D eigenvalue weighted by Gasteiger charge is 2.18. The number of aromatic nitrogens is 1. The third kappa shape index (κ3) is 2.97. The van der Waals surface area contributed by atoms with Crippen molar-refractivity contribution in [3.63, 3.8) is 0 Å². The molecule has 19 heavy (non-hydrogen) atoms. The van der Waals surface area contributed by atoms with E-state index in [4.69, 9.17) is 16.3 Å². The predicted molar refractivity (Wildman–Crippen MR) is 75.8 cm³/mol. The van der Waals surface area contributed by atoms with Crippen LogP contribution in [0.1, 0.15) is 12.8 Å². The zero-order valence-corrected chi connectivity index (χ0v) is 11.6. The first-order valence-electron chi connectivity index (χ1n) is 5.96. The van der Waals surface area contributed by atoms with Gasteiger partial charge in [0.1, 0.15) is 6.23 Å². The van der Waals surface area contributed by atoms with Crippen LogP contribution in [-0.4, -0.2) is 23.8 Å². The number of rotatable bonds is 2. The maximum atomic E-state index is 11.8. The van der Waals surface area contributed by atoms with E-state index in [-0.39, 0.29) is 12.3 Å². The highest BCUT2D eigenvalue weighted by atomic mass is 35.5. The molecule has 0 saturated carbocycles. The molecule has 1 aromatic heterocycles. The van der Waals surface area contributed by atoms with Gasteiger partial charge in [0.15, 0.2) is 5.13 Å². The SMILES string of the molecule is O=C(Nc1nc2ccc(Cl)cc2s1)NC1CCCO1. The number of urea groups is 1. The molecule has 0 aliphatic carbocycles. The first-order valence-corrected chi connectivity index (χ1v) is 7.15.